The average Bonchev–Trinajstić information content (AvgIpc) is 1.83. The van der Waals surface area contributed by atoms with E-state index in [9.17, 15) is 13.8 Å². The topological polar surface area (TPSA) is 112 Å². The van der Waals surface area contributed by atoms with E-state index in [0.29, 0.717) is 0 Å². The molecule has 13 heavy (non-hydrogen) atoms. The number of aliphatic carboxylic acids is 2. The molecule has 0 saturated heterocycles. The van der Waals surface area contributed by atoms with Crippen molar-refractivity contribution in [3.8, 4) is 0 Å². The first kappa shape index (κ1) is 16.1. The number of hydrogen-bond donors (Lipinski definition) is 3. The van der Waals surface area contributed by atoms with Crippen molar-refractivity contribution in [3.63, 3.8) is 0 Å². The first-order valence-electron chi connectivity index (χ1n) is 2.95. The van der Waals surface area contributed by atoms with Gasteiger partial charge >= 0.3 is 60.8 Å². The number of carboxylic acids is 2. The van der Waals surface area contributed by atoms with E-state index in [0.717, 1.165) is 0 Å². The monoisotopic (exact) mass is 334 g/mol. The maximum atomic E-state index is 10.3. The molecule has 6 nitrogen and oxygen atoms in total. The van der Waals surface area contributed by atoms with Crippen LogP contribution in [-0.4, -0.2) is 85.5 Å². The largest absolute Gasteiger partial charge is 2.00 e. The van der Waals surface area contributed by atoms with Gasteiger partial charge < -0.3 is 14.8 Å². The molecule has 0 aromatic heterocycles. The maximum Gasteiger partial charge on any atom is 2.00 e. The van der Waals surface area contributed by atoms with Crippen LogP contribution in [0.3, 0.4) is 0 Å². The van der Waals surface area contributed by atoms with Crippen LogP contribution in [0.2, 0.25) is 0 Å². The number of carboxylic acid groups (broad SMARTS) is 2. The number of carbonyl (C=O) groups is 2. The summed E-state index contributed by atoms with van der Waals surface area (Å²) < 4.78 is 18.5. The molecule has 0 spiro atoms. The summed E-state index contributed by atoms with van der Waals surface area (Å²) in [5.74, 6) is -4.53. The smallest absolute Gasteiger partial charge is 0.481 e. The van der Waals surface area contributed by atoms with E-state index in [-0.39, 0.29) is 48.9 Å². The summed E-state index contributed by atoms with van der Waals surface area (Å²) in [4.78, 5) is 20.3. The number of hydrogen-bond acceptors (Lipinski definition) is 3. The predicted octanol–water partition coefficient (Wildman–Crippen LogP) is -0.997. The van der Waals surface area contributed by atoms with Crippen LogP contribution >= 0.6 is 0 Å². The molecule has 2 unspecified atom stereocenters. The van der Waals surface area contributed by atoms with Crippen molar-refractivity contribution >= 4 is 71.9 Å². The molecule has 0 fully saturated rings. The van der Waals surface area contributed by atoms with Gasteiger partial charge in [0.2, 0.25) is 0 Å². The summed E-state index contributed by atoms with van der Waals surface area (Å²) in [5, 5.41) is 16.6. The van der Waals surface area contributed by atoms with Crippen LogP contribution in [0, 0.1) is 5.92 Å². The second-order valence-electron chi connectivity index (χ2n) is 2.12. The van der Waals surface area contributed by atoms with Gasteiger partial charge in [0, 0.05) is 0 Å². The molecule has 0 rings (SSSR count). The van der Waals surface area contributed by atoms with Crippen molar-refractivity contribution in [3.05, 3.63) is 0 Å². The molecule has 0 amide bonds. The van der Waals surface area contributed by atoms with E-state index >= 15 is 0 Å². The van der Waals surface area contributed by atoms with Crippen molar-refractivity contribution in [1.29, 1.82) is 0 Å². The summed E-state index contributed by atoms with van der Waals surface area (Å²) in [6.45, 7) is 0. The zero-order valence-electron chi connectivity index (χ0n) is 6.67. The standard InChI is InChI=1S/C5H8O6S.Ba/c6-4(7)1-3(5(8)9)2-12(10)11;/h3H,1-2H2,(H,6,7)(H,8,9)(H,10,11);/q;+2. The average molecular weight is 334 g/mol. The molecule has 0 aliphatic carbocycles. The van der Waals surface area contributed by atoms with E-state index in [2.05, 4.69) is 0 Å². The Morgan fingerprint density at radius 2 is 1.77 bits per heavy atom. The van der Waals surface area contributed by atoms with E-state index < -0.39 is 41.1 Å². The Morgan fingerprint density at radius 1 is 1.31 bits per heavy atom. The van der Waals surface area contributed by atoms with E-state index in [1.54, 1.807) is 0 Å². The fraction of sp³-hybridized carbons (Fsp3) is 0.600. The van der Waals surface area contributed by atoms with Crippen LogP contribution in [0.25, 0.3) is 0 Å². The normalized spacial score (nSPS) is 13.9. The molecule has 0 radical (unpaired) electrons. The van der Waals surface area contributed by atoms with Crippen LogP contribution in [-0.2, 0) is 20.7 Å². The van der Waals surface area contributed by atoms with Crippen LogP contribution in [0.15, 0.2) is 0 Å². The van der Waals surface area contributed by atoms with Crippen LogP contribution in [0.5, 0.6) is 0 Å². The Labute approximate surface area is 117 Å². The molecule has 70 valence electrons. The van der Waals surface area contributed by atoms with E-state index in [4.69, 9.17) is 14.8 Å². The van der Waals surface area contributed by atoms with Gasteiger partial charge in [0.1, 0.15) is 0 Å². The molecule has 0 aromatic rings. The van der Waals surface area contributed by atoms with Gasteiger partial charge in [0.15, 0.2) is 11.1 Å². The van der Waals surface area contributed by atoms with Gasteiger partial charge in [-0.05, 0) is 0 Å². The van der Waals surface area contributed by atoms with Gasteiger partial charge in [-0.2, -0.15) is 0 Å². The Kier molecular flexibility index (Phi) is 9.85. The molecule has 0 aromatic carbocycles. The van der Waals surface area contributed by atoms with Gasteiger partial charge in [-0.1, -0.05) is 0 Å². The third-order valence-corrected chi connectivity index (χ3v) is 1.80. The Hall–Kier alpha value is 0.621. The zero-order chi connectivity index (χ0) is 9.72. The van der Waals surface area contributed by atoms with Crippen molar-refractivity contribution in [2.24, 2.45) is 5.92 Å². The molecule has 8 heteroatoms. The van der Waals surface area contributed by atoms with Crippen molar-refractivity contribution in [2.75, 3.05) is 5.75 Å². The summed E-state index contributed by atoms with van der Waals surface area (Å²) in [6, 6.07) is 0. The Bertz CT molecular complexity index is 201. The molecule has 0 saturated carbocycles. The van der Waals surface area contributed by atoms with Gasteiger partial charge in [-0.15, -0.1) is 0 Å². The van der Waals surface area contributed by atoms with E-state index in [1.165, 1.54) is 0 Å². The van der Waals surface area contributed by atoms with Crippen LogP contribution in [0.4, 0.5) is 0 Å². The minimum atomic E-state index is -2.28. The number of rotatable bonds is 5. The van der Waals surface area contributed by atoms with Crippen molar-refractivity contribution in [1.82, 2.24) is 0 Å². The maximum absolute atomic E-state index is 10.3. The van der Waals surface area contributed by atoms with Gasteiger partial charge in [-0.3, -0.25) is 9.59 Å². The minimum Gasteiger partial charge on any atom is -0.481 e. The fourth-order valence-corrected chi connectivity index (χ4v) is 1.21. The zero-order valence-corrected chi connectivity index (χ0v) is 11.9. The van der Waals surface area contributed by atoms with Gasteiger partial charge in [-0.25, -0.2) is 4.21 Å². The SMILES string of the molecule is O=C(O)CC(CS(=O)O)C(=O)O.[Ba+2]. The second-order valence-corrected chi connectivity index (χ2v) is 3.10. The molecule has 0 aliphatic rings. The third-order valence-electron chi connectivity index (χ3n) is 1.11. The van der Waals surface area contributed by atoms with Crippen molar-refractivity contribution in [2.45, 2.75) is 6.42 Å². The van der Waals surface area contributed by atoms with E-state index in [1.807, 2.05) is 0 Å². The van der Waals surface area contributed by atoms with Crippen LogP contribution < -0.4 is 0 Å². The molecular weight excluding hydrogens is 325 g/mol. The molecule has 0 aliphatic heterocycles. The predicted molar refractivity (Wildman–Crippen MR) is 44.8 cm³/mol. The minimum absolute atomic E-state index is 0. The second kappa shape index (κ2) is 7.97. The summed E-state index contributed by atoms with van der Waals surface area (Å²) in [5.41, 5.74) is 0. The molecule has 0 heterocycles. The Morgan fingerprint density at radius 3 is 2.00 bits per heavy atom. The fourth-order valence-electron chi connectivity index (χ4n) is 0.600. The summed E-state index contributed by atoms with van der Waals surface area (Å²) in [7, 11) is 0. The first-order chi connectivity index (χ1) is 5.43. The van der Waals surface area contributed by atoms with Crippen molar-refractivity contribution < 1.29 is 28.6 Å². The first-order valence-corrected chi connectivity index (χ1v) is 4.23. The molecular formula is C5H8BaO6S+2. The van der Waals surface area contributed by atoms with Crippen LogP contribution in [0.1, 0.15) is 6.42 Å². The Balaban J connectivity index is 0. The van der Waals surface area contributed by atoms with Gasteiger partial charge in [0.05, 0.1) is 18.1 Å². The summed E-state index contributed by atoms with van der Waals surface area (Å²) >= 11 is -2.28. The van der Waals surface area contributed by atoms with Gasteiger partial charge in [0.25, 0.3) is 0 Å². The quantitative estimate of drug-likeness (QED) is 0.440. The molecule has 0 bridgehead atoms. The summed E-state index contributed by atoms with van der Waals surface area (Å²) in [6.07, 6.45) is -0.637. The third kappa shape index (κ3) is 8.94. The molecule has 3 N–H and O–H groups in total. The molecule has 2 atom stereocenters.